The van der Waals surface area contributed by atoms with Gasteiger partial charge in [-0.25, -0.2) is 0 Å². The SMILES string of the molecule is CCCCCCCCC#Cc1ccc2c(c1)[nH]c1c2ccc2c1ccc1c3ccc(C#CCCCCCCCC)cc3sc12. The zero-order valence-corrected chi connectivity index (χ0v) is 27.4. The van der Waals surface area contributed by atoms with Crippen molar-refractivity contribution in [2.45, 2.75) is 104 Å². The van der Waals surface area contributed by atoms with Crippen LogP contribution in [0.5, 0.6) is 0 Å². The molecule has 224 valence electrons. The Balaban J connectivity index is 1.22. The summed E-state index contributed by atoms with van der Waals surface area (Å²) in [5.74, 6) is 13.7. The summed E-state index contributed by atoms with van der Waals surface area (Å²) in [5, 5.41) is 7.81. The van der Waals surface area contributed by atoms with Crippen LogP contribution >= 0.6 is 11.3 Å². The number of aromatic amines is 1. The minimum absolute atomic E-state index is 0.986. The Morgan fingerprint density at radius 2 is 1.02 bits per heavy atom. The summed E-state index contributed by atoms with van der Waals surface area (Å²) in [6, 6.07) is 22.6. The molecule has 0 radical (unpaired) electrons. The van der Waals surface area contributed by atoms with Crippen LogP contribution in [-0.4, -0.2) is 4.98 Å². The van der Waals surface area contributed by atoms with E-state index in [2.05, 4.69) is 103 Å². The van der Waals surface area contributed by atoms with Crippen LogP contribution < -0.4 is 0 Å². The first kappa shape index (κ1) is 30.3. The number of hydrogen-bond acceptors (Lipinski definition) is 1. The van der Waals surface area contributed by atoms with E-state index >= 15 is 0 Å². The number of thiophene rings is 1. The average Bonchev–Trinajstić information content (AvgIpc) is 3.61. The van der Waals surface area contributed by atoms with E-state index in [-0.39, 0.29) is 0 Å². The first-order valence-electron chi connectivity index (χ1n) is 17.1. The molecule has 0 fully saturated rings. The number of rotatable bonds is 12. The minimum Gasteiger partial charge on any atom is -0.354 e. The van der Waals surface area contributed by atoms with Crippen molar-refractivity contribution >= 4 is 64.1 Å². The maximum Gasteiger partial charge on any atom is 0.0545 e. The van der Waals surface area contributed by atoms with Crippen LogP contribution in [0.4, 0.5) is 0 Å². The standard InChI is InChI=1S/C42H45NS/c1-3-5-7-9-11-13-15-17-19-31-21-23-33-35-25-28-38-36(41(35)43-39(33)29-31)26-27-37-34-24-22-32(30-40(34)44-42(37)38)20-18-16-14-12-10-8-6-4-2/h21-30,43H,3-16H2,1-2H3. The highest BCUT2D eigenvalue weighted by Gasteiger charge is 2.13. The molecule has 2 heterocycles. The molecule has 0 amide bonds. The third-order valence-electron chi connectivity index (χ3n) is 8.98. The summed E-state index contributed by atoms with van der Waals surface area (Å²) in [4.78, 5) is 3.77. The highest BCUT2D eigenvalue weighted by molar-refractivity contribution is 7.26. The molecule has 1 nitrogen and oxygen atoms in total. The maximum absolute atomic E-state index is 3.77. The molecule has 0 saturated carbocycles. The van der Waals surface area contributed by atoms with Crippen LogP contribution in [0.2, 0.25) is 0 Å². The van der Waals surface area contributed by atoms with Gasteiger partial charge in [-0.05, 0) is 37.1 Å². The van der Waals surface area contributed by atoms with Crippen molar-refractivity contribution in [2.24, 2.45) is 0 Å². The molecule has 0 atom stereocenters. The van der Waals surface area contributed by atoms with Crippen LogP contribution in [0.3, 0.4) is 0 Å². The van der Waals surface area contributed by atoms with Crippen molar-refractivity contribution in [1.29, 1.82) is 0 Å². The summed E-state index contributed by atoms with van der Waals surface area (Å²) in [6.45, 7) is 4.54. The van der Waals surface area contributed by atoms with Crippen LogP contribution in [-0.2, 0) is 0 Å². The number of hydrogen-bond donors (Lipinski definition) is 1. The van der Waals surface area contributed by atoms with E-state index in [1.165, 1.54) is 130 Å². The van der Waals surface area contributed by atoms with Gasteiger partial charge in [0.1, 0.15) is 0 Å². The molecule has 0 aliphatic carbocycles. The van der Waals surface area contributed by atoms with E-state index in [1.807, 2.05) is 11.3 Å². The molecule has 0 bridgehead atoms. The van der Waals surface area contributed by atoms with E-state index in [0.717, 1.165) is 24.0 Å². The Labute approximate surface area is 267 Å². The zero-order valence-electron chi connectivity index (χ0n) is 26.6. The first-order valence-corrected chi connectivity index (χ1v) is 17.9. The van der Waals surface area contributed by atoms with Crippen molar-refractivity contribution in [1.82, 2.24) is 4.98 Å². The molecule has 6 rings (SSSR count). The van der Waals surface area contributed by atoms with E-state index in [9.17, 15) is 0 Å². The molecule has 0 aliphatic rings. The highest BCUT2D eigenvalue weighted by atomic mass is 32.1. The van der Waals surface area contributed by atoms with E-state index in [4.69, 9.17) is 0 Å². The maximum atomic E-state index is 3.77. The van der Waals surface area contributed by atoms with Gasteiger partial charge < -0.3 is 4.98 Å². The van der Waals surface area contributed by atoms with Crippen molar-refractivity contribution < 1.29 is 0 Å². The molecular weight excluding hydrogens is 551 g/mol. The van der Waals surface area contributed by atoms with Crippen molar-refractivity contribution in [3.05, 3.63) is 71.8 Å². The lowest BCUT2D eigenvalue weighted by Gasteiger charge is -2.02. The van der Waals surface area contributed by atoms with Gasteiger partial charge in [-0.2, -0.15) is 0 Å². The Bertz CT molecular complexity index is 1870. The smallest absolute Gasteiger partial charge is 0.0545 e. The molecule has 1 N–H and O–H groups in total. The minimum atomic E-state index is 0.986. The predicted molar refractivity (Wildman–Crippen MR) is 196 cm³/mol. The van der Waals surface area contributed by atoms with Crippen LogP contribution in [0.1, 0.15) is 115 Å². The molecular formula is C42H45NS. The van der Waals surface area contributed by atoms with Gasteiger partial charge in [-0.1, -0.05) is 138 Å². The van der Waals surface area contributed by atoms with E-state index in [0.29, 0.717) is 0 Å². The normalized spacial score (nSPS) is 11.4. The van der Waals surface area contributed by atoms with Crippen LogP contribution in [0.15, 0.2) is 60.7 Å². The quantitative estimate of drug-likeness (QED) is 0.107. The molecule has 44 heavy (non-hydrogen) atoms. The van der Waals surface area contributed by atoms with Crippen LogP contribution in [0, 0.1) is 23.7 Å². The number of aromatic nitrogens is 1. The molecule has 0 saturated heterocycles. The number of unbranched alkanes of at least 4 members (excludes halogenated alkanes) is 12. The summed E-state index contributed by atoms with van der Waals surface area (Å²) in [6.07, 6.45) is 17.7. The van der Waals surface area contributed by atoms with E-state index in [1.54, 1.807) is 0 Å². The second-order valence-corrected chi connectivity index (χ2v) is 13.4. The number of nitrogens with one attached hydrogen (secondary N) is 1. The van der Waals surface area contributed by atoms with Gasteiger partial charge in [0, 0.05) is 71.2 Å². The summed E-state index contributed by atoms with van der Waals surface area (Å²) >= 11 is 1.90. The fourth-order valence-electron chi connectivity index (χ4n) is 6.49. The number of H-pyrrole nitrogens is 1. The molecule has 6 aromatic rings. The molecule has 0 aliphatic heterocycles. The van der Waals surface area contributed by atoms with Gasteiger partial charge in [-0.3, -0.25) is 0 Å². The summed E-state index contributed by atoms with van der Waals surface area (Å²) in [5.41, 5.74) is 4.61. The zero-order chi connectivity index (χ0) is 30.1. The number of benzene rings is 4. The van der Waals surface area contributed by atoms with Gasteiger partial charge in [-0.15, -0.1) is 11.3 Å². The van der Waals surface area contributed by atoms with Crippen molar-refractivity contribution in [2.75, 3.05) is 0 Å². The predicted octanol–water partition coefficient (Wildman–Crippen LogP) is 13.0. The molecule has 0 spiro atoms. The fraction of sp³-hybridized carbons (Fsp3) is 0.381. The lowest BCUT2D eigenvalue weighted by molar-refractivity contribution is 0.614. The lowest BCUT2D eigenvalue weighted by atomic mass is 10.0. The molecule has 2 aromatic heterocycles. The molecule has 4 aromatic carbocycles. The van der Waals surface area contributed by atoms with Crippen molar-refractivity contribution in [3.63, 3.8) is 0 Å². The third kappa shape index (κ3) is 6.83. The first-order chi connectivity index (χ1) is 21.8. The Kier molecular flexibility index (Phi) is 10.2. The third-order valence-corrected chi connectivity index (χ3v) is 10.2. The van der Waals surface area contributed by atoms with Crippen LogP contribution in [0.25, 0.3) is 52.8 Å². The second-order valence-electron chi connectivity index (χ2n) is 12.4. The Hall–Kier alpha value is -3.72. The topological polar surface area (TPSA) is 15.8 Å². The molecule has 0 unspecified atom stereocenters. The van der Waals surface area contributed by atoms with Crippen molar-refractivity contribution in [3.8, 4) is 23.7 Å². The fourth-order valence-corrected chi connectivity index (χ4v) is 7.76. The monoisotopic (exact) mass is 595 g/mol. The second kappa shape index (κ2) is 14.8. The van der Waals surface area contributed by atoms with Gasteiger partial charge in [0.05, 0.1) is 5.52 Å². The lowest BCUT2D eigenvalue weighted by Crippen LogP contribution is -1.78. The van der Waals surface area contributed by atoms with Gasteiger partial charge in [0.15, 0.2) is 0 Å². The van der Waals surface area contributed by atoms with Gasteiger partial charge >= 0.3 is 0 Å². The Morgan fingerprint density at radius 1 is 0.523 bits per heavy atom. The largest absolute Gasteiger partial charge is 0.354 e. The summed E-state index contributed by atoms with van der Waals surface area (Å²) in [7, 11) is 0. The molecule has 2 heteroatoms. The highest BCUT2D eigenvalue weighted by Crippen LogP contribution is 2.41. The Morgan fingerprint density at radius 3 is 1.68 bits per heavy atom. The van der Waals surface area contributed by atoms with Gasteiger partial charge in [0.2, 0.25) is 0 Å². The average molecular weight is 596 g/mol. The van der Waals surface area contributed by atoms with Gasteiger partial charge in [0.25, 0.3) is 0 Å². The summed E-state index contributed by atoms with van der Waals surface area (Å²) < 4.78 is 2.68. The van der Waals surface area contributed by atoms with E-state index < -0.39 is 0 Å². The number of fused-ring (bicyclic) bond motifs is 9.